The molecule has 0 aliphatic rings. The Balaban J connectivity index is 1.60. The number of nitrogens with one attached hydrogen (secondary N) is 2. The van der Waals surface area contributed by atoms with Crippen LogP contribution in [0.2, 0.25) is 0 Å². The minimum absolute atomic E-state index is 0.107. The number of aromatic nitrogens is 2. The topological polar surface area (TPSA) is 127 Å². The second-order valence-electron chi connectivity index (χ2n) is 5.86. The second kappa shape index (κ2) is 8.35. The molecule has 9 nitrogen and oxygen atoms in total. The van der Waals surface area contributed by atoms with Crippen LogP contribution >= 0.6 is 11.5 Å². The third kappa shape index (κ3) is 4.54. The van der Waals surface area contributed by atoms with Crippen molar-refractivity contribution in [2.75, 3.05) is 5.32 Å². The van der Waals surface area contributed by atoms with Crippen molar-refractivity contribution in [3.05, 3.63) is 69.6 Å². The van der Waals surface area contributed by atoms with Gasteiger partial charge in [-0.25, -0.2) is 0 Å². The van der Waals surface area contributed by atoms with Crippen LogP contribution in [0.3, 0.4) is 0 Å². The Morgan fingerprint density at radius 1 is 1.18 bits per heavy atom. The summed E-state index contributed by atoms with van der Waals surface area (Å²) in [6, 6.07) is 11.5. The summed E-state index contributed by atoms with van der Waals surface area (Å²) in [6.45, 7) is 1.53. The van der Waals surface area contributed by atoms with E-state index in [0.717, 1.165) is 17.3 Å². The van der Waals surface area contributed by atoms with Crippen LogP contribution in [0.5, 0.6) is 0 Å². The number of nitrogens with zero attached hydrogens (tertiary/aromatic N) is 3. The van der Waals surface area contributed by atoms with Gasteiger partial charge >= 0.3 is 0 Å². The molecule has 1 aromatic heterocycles. The second-order valence-corrected chi connectivity index (χ2v) is 6.47. The number of nitro groups is 1. The predicted octanol–water partition coefficient (Wildman–Crippen LogP) is 2.87. The number of anilines is 1. The zero-order valence-corrected chi connectivity index (χ0v) is 15.5. The molecule has 10 heteroatoms. The standard InChI is InChI=1S/C18H15N5O4S/c1-11(19-18(25)13-3-2-4-15(9-13)23(26)27)17(24)20-14-7-5-12(6-8-14)16-10-28-22-21-16/h2-11H,1H3,(H,19,25)(H,20,24). The number of hydrogen-bond acceptors (Lipinski definition) is 7. The summed E-state index contributed by atoms with van der Waals surface area (Å²) in [5.41, 5.74) is 2.10. The lowest BCUT2D eigenvalue weighted by atomic mass is 10.1. The van der Waals surface area contributed by atoms with E-state index >= 15 is 0 Å². The van der Waals surface area contributed by atoms with Gasteiger partial charge in [-0.2, -0.15) is 0 Å². The Hall–Kier alpha value is -3.66. The molecule has 1 atom stereocenters. The van der Waals surface area contributed by atoms with E-state index in [4.69, 9.17) is 0 Å². The molecule has 0 fully saturated rings. The Morgan fingerprint density at radius 2 is 1.93 bits per heavy atom. The summed E-state index contributed by atoms with van der Waals surface area (Å²) in [5, 5.41) is 21.8. The monoisotopic (exact) mass is 397 g/mol. The summed E-state index contributed by atoms with van der Waals surface area (Å²) in [5.74, 6) is -0.986. The number of hydrogen-bond donors (Lipinski definition) is 2. The molecule has 2 N–H and O–H groups in total. The van der Waals surface area contributed by atoms with E-state index in [1.165, 1.54) is 36.7 Å². The maximum atomic E-state index is 12.3. The van der Waals surface area contributed by atoms with Crippen LogP contribution in [0, 0.1) is 10.1 Å². The third-order valence-corrected chi connectivity index (χ3v) is 4.37. The van der Waals surface area contributed by atoms with E-state index < -0.39 is 22.8 Å². The lowest BCUT2D eigenvalue weighted by molar-refractivity contribution is -0.384. The van der Waals surface area contributed by atoms with Crippen molar-refractivity contribution in [3.8, 4) is 11.3 Å². The van der Waals surface area contributed by atoms with Crippen LogP contribution in [-0.4, -0.2) is 32.4 Å². The van der Waals surface area contributed by atoms with E-state index in [9.17, 15) is 19.7 Å². The maximum absolute atomic E-state index is 12.3. The van der Waals surface area contributed by atoms with Crippen molar-refractivity contribution >= 4 is 34.7 Å². The summed E-state index contributed by atoms with van der Waals surface area (Å²) in [4.78, 5) is 34.8. The molecule has 0 aliphatic carbocycles. The first-order chi connectivity index (χ1) is 13.4. The molecule has 3 rings (SSSR count). The van der Waals surface area contributed by atoms with Gasteiger partial charge in [0.2, 0.25) is 5.91 Å². The minimum Gasteiger partial charge on any atom is -0.341 e. The van der Waals surface area contributed by atoms with Gasteiger partial charge in [-0.15, -0.1) is 5.10 Å². The van der Waals surface area contributed by atoms with Gasteiger partial charge in [0.15, 0.2) is 0 Å². The van der Waals surface area contributed by atoms with Crippen molar-refractivity contribution in [1.29, 1.82) is 0 Å². The Kier molecular flexibility index (Phi) is 5.70. The Morgan fingerprint density at radius 3 is 2.57 bits per heavy atom. The van der Waals surface area contributed by atoms with Gasteiger partial charge in [0, 0.05) is 34.3 Å². The highest BCUT2D eigenvalue weighted by Crippen LogP contribution is 2.20. The number of benzene rings is 2. The zero-order valence-electron chi connectivity index (χ0n) is 14.7. The van der Waals surface area contributed by atoms with Crippen molar-refractivity contribution < 1.29 is 14.5 Å². The first kappa shape index (κ1) is 19.1. The molecule has 0 radical (unpaired) electrons. The molecule has 0 aliphatic heterocycles. The van der Waals surface area contributed by atoms with Crippen molar-refractivity contribution in [2.45, 2.75) is 13.0 Å². The maximum Gasteiger partial charge on any atom is 0.270 e. The summed E-state index contributed by atoms with van der Waals surface area (Å²) < 4.78 is 3.80. The van der Waals surface area contributed by atoms with Gasteiger partial charge in [0.25, 0.3) is 11.6 Å². The van der Waals surface area contributed by atoms with E-state index in [1.54, 1.807) is 24.3 Å². The lowest BCUT2D eigenvalue weighted by Gasteiger charge is -2.14. The number of amides is 2. The van der Waals surface area contributed by atoms with Gasteiger partial charge in [-0.05, 0) is 36.7 Å². The Bertz CT molecular complexity index is 1010. The lowest BCUT2D eigenvalue weighted by Crippen LogP contribution is -2.41. The minimum atomic E-state index is -0.839. The molecule has 0 saturated carbocycles. The SMILES string of the molecule is CC(NC(=O)c1cccc([N+](=O)[O-])c1)C(=O)Nc1ccc(-c2csnn2)cc1. The van der Waals surface area contributed by atoms with Crippen molar-refractivity contribution in [2.24, 2.45) is 0 Å². The molecule has 142 valence electrons. The van der Waals surface area contributed by atoms with E-state index in [0.29, 0.717) is 5.69 Å². The van der Waals surface area contributed by atoms with Crippen molar-refractivity contribution in [3.63, 3.8) is 0 Å². The smallest absolute Gasteiger partial charge is 0.270 e. The molecule has 2 amide bonds. The van der Waals surface area contributed by atoms with Gasteiger partial charge in [-0.3, -0.25) is 19.7 Å². The fourth-order valence-corrected chi connectivity index (χ4v) is 2.84. The largest absolute Gasteiger partial charge is 0.341 e. The van der Waals surface area contributed by atoms with Crippen LogP contribution in [0.25, 0.3) is 11.3 Å². The van der Waals surface area contributed by atoms with Crippen LogP contribution < -0.4 is 10.6 Å². The number of rotatable bonds is 6. The molecule has 3 aromatic rings. The van der Waals surface area contributed by atoms with Crippen LogP contribution in [0.15, 0.2) is 53.9 Å². The van der Waals surface area contributed by atoms with Crippen LogP contribution in [0.4, 0.5) is 11.4 Å². The molecule has 28 heavy (non-hydrogen) atoms. The average Bonchev–Trinajstić information content (AvgIpc) is 3.23. The highest BCUT2D eigenvalue weighted by Gasteiger charge is 2.18. The normalized spacial score (nSPS) is 11.5. The summed E-state index contributed by atoms with van der Waals surface area (Å²) in [7, 11) is 0. The summed E-state index contributed by atoms with van der Waals surface area (Å²) >= 11 is 1.25. The quantitative estimate of drug-likeness (QED) is 0.486. The molecule has 0 spiro atoms. The van der Waals surface area contributed by atoms with E-state index in [-0.39, 0.29) is 11.3 Å². The van der Waals surface area contributed by atoms with Crippen LogP contribution in [0.1, 0.15) is 17.3 Å². The van der Waals surface area contributed by atoms with E-state index in [2.05, 4.69) is 20.2 Å². The summed E-state index contributed by atoms with van der Waals surface area (Å²) in [6.07, 6.45) is 0. The van der Waals surface area contributed by atoms with E-state index in [1.807, 2.05) is 5.38 Å². The van der Waals surface area contributed by atoms with Gasteiger partial charge in [0.1, 0.15) is 11.7 Å². The highest BCUT2D eigenvalue weighted by molar-refractivity contribution is 7.03. The predicted molar refractivity (Wildman–Crippen MR) is 104 cm³/mol. The number of non-ortho nitro benzene ring substituents is 1. The molecule has 0 bridgehead atoms. The van der Waals surface area contributed by atoms with Gasteiger partial charge < -0.3 is 10.6 Å². The highest BCUT2D eigenvalue weighted by atomic mass is 32.1. The molecular formula is C18H15N5O4S. The molecular weight excluding hydrogens is 382 g/mol. The van der Waals surface area contributed by atoms with Gasteiger partial charge in [0.05, 0.1) is 4.92 Å². The molecule has 1 unspecified atom stereocenters. The Labute approximate surface area is 163 Å². The average molecular weight is 397 g/mol. The first-order valence-corrected chi connectivity index (χ1v) is 9.01. The van der Waals surface area contributed by atoms with Crippen LogP contribution in [-0.2, 0) is 4.79 Å². The third-order valence-electron chi connectivity index (χ3n) is 3.87. The first-order valence-electron chi connectivity index (χ1n) is 8.17. The van der Waals surface area contributed by atoms with Crippen molar-refractivity contribution in [1.82, 2.24) is 14.9 Å². The number of nitro benzene ring substituents is 1. The molecule has 1 heterocycles. The zero-order chi connectivity index (χ0) is 20.1. The molecule has 0 saturated heterocycles. The molecule has 2 aromatic carbocycles. The fraction of sp³-hybridized carbons (Fsp3) is 0.111. The fourth-order valence-electron chi connectivity index (χ4n) is 2.37. The number of carbonyl (C=O) groups excluding carboxylic acids is 2. The number of carbonyl (C=O) groups is 2. The van der Waals surface area contributed by atoms with Gasteiger partial charge in [-0.1, -0.05) is 22.7 Å².